The molecule has 2 fully saturated rings. The fraction of sp³-hybridized carbons (Fsp3) is 0.636. The normalized spacial score (nSPS) is 43.0. The molecule has 2 bridgehead atoms. The number of fused-ring (bicyclic) bond motifs is 7. The van der Waals surface area contributed by atoms with Crippen molar-refractivity contribution >= 4 is 5.57 Å². The summed E-state index contributed by atoms with van der Waals surface area (Å²) in [5.41, 5.74) is 1.25. The van der Waals surface area contributed by atoms with E-state index >= 15 is 0 Å². The number of allylic oxidation sites excluding steroid dienone is 1. The maximum atomic E-state index is 4.35. The van der Waals surface area contributed by atoms with E-state index in [1.54, 1.807) is 6.33 Å². The summed E-state index contributed by atoms with van der Waals surface area (Å²) in [5.74, 6) is 3.45. The molecule has 2 heterocycles. The molecule has 0 radical (unpaired) electrons. The quantitative estimate of drug-likeness (QED) is 0.621. The lowest BCUT2D eigenvalue weighted by atomic mass is 9.82. The molecule has 0 amide bonds. The highest BCUT2D eigenvalue weighted by molar-refractivity contribution is 5.64. The van der Waals surface area contributed by atoms with Gasteiger partial charge in [0.2, 0.25) is 0 Å². The summed E-state index contributed by atoms with van der Waals surface area (Å²) in [6.07, 6.45) is 5.85. The van der Waals surface area contributed by atoms with E-state index in [1.165, 1.54) is 24.8 Å². The smallest absolute Gasteiger partial charge is 0.154 e. The van der Waals surface area contributed by atoms with Crippen LogP contribution in [-0.4, -0.2) is 14.8 Å². The summed E-state index contributed by atoms with van der Waals surface area (Å²) in [6.45, 7) is 4.21. The molecule has 0 N–H and O–H groups in total. The third-order valence-electron chi connectivity index (χ3n) is 4.42. The molecule has 3 aliphatic rings. The summed E-state index contributed by atoms with van der Waals surface area (Å²) >= 11 is 0. The average molecular weight is 187 g/mol. The lowest BCUT2D eigenvalue weighted by Crippen LogP contribution is -2.20. The maximum Gasteiger partial charge on any atom is 0.154 e. The molecule has 3 heteroatoms. The van der Waals surface area contributed by atoms with E-state index in [2.05, 4.69) is 21.3 Å². The summed E-state index contributed by atoms with van der Waals surface area (Å²) in [5, 5.41) is 4.35. The van der Waals surface area contributed by atoms with Gasteiger partial charge >= 0.3 is 0 Å². The molecule has 2 saturated carbocycles. The van der Waals surface area contributed by atoms with Gasteiger partial charge in [0.1, 0.15) is 6.33 Å². The van der Waals surface area contributed by atoms with Crippen LogP contribution in [0.15, 0.2) is 12.9 Å². The Labute approximate surface area is 82.8 Å². The highest BCUT2D eigenvalue weighted by atomic mass is 15.4. The van der Waals surface area contributed by atoms with Crippen LogP contribution in [0.1, 0.15) is 31.1 Å². The number of nitrogens with zero attached hydrogens (tertiary/aromatic N) is 3. The average Bonchev–Trinajstić information content (AvgIpc) is 2.88. The van der Waals surface area contributed by atoms with Crippen LogP contribution >= 0.6 is 0 Å². The van der Waals surface area contributed by atoms with E-state index in [9.17, 15) is 0 Å². The van der Waals surface area contributed by atoms with Crippen LogP contribution in [0, 0.1) is 17.8 Å². The minimum absolute atomic E-state index is 0.610. The number of hydrogen-bond acceptors (Lipinski definition) is 2. The van der Waals surface area contributed by atoms with Crippen molar-refractivity contribution in [3.05, 3.63) is 18.7 Å². The fourth-order valence-corrected chi connectivity index (χ4v) is 3.95. The van der Waals surface area contributed by atoms with Gasteiger partial charge in [0, 0.05) is 5.92 Å². The molecule has 0 saturated heterocycles. The van der Waals surface area contributed by atoms with Crippen LogP contribution in [0.2, 0.25) is 0 Å². The molecule has 1 aliphatic heterocycles. The zero-order valence-electron chi connectivity index (χ0n) is 8.06. The van der Waals surface area contributed by atoms with Crippen molar-refractivity contribution in [1.82, 2.24) is 14.8 Å². The van der Waals surface area contributed by atoms with Gasteiger partial charge in [-0.15, -0.1) is 0 Å². The van der Waals surface area contributed by atoms with Gasteiger partial charge in [-0.2, -0.15) is 5.10 Å². The highest BCUT2D eigenvalue weighted by Gasteiger charge is 2.54. The van der Waals surface area contributed by atoms with Gasteiger partial charge in [-0.25, -0.2) is 9.67 Å². The molecule has 1 aromatic rings. The second kappa shape index (κ2) is 2.10. The SMILES string of the molecule is C=C1c2ncnn2C2C3CCC(C3)C12. The largest absolute Gasteiger partial charge is 0.242 e. The summed E-state index contributed by atoms with van der Waals surface area (Å²) in [7, 11) is 0. The van der Waals surface area contributed by atoms with E-state index in [0.29, 0.717) is 12.0 Å². The Morgan fingerprint density at radius 1 is 1.36 bits per heavy atom. The van der Waals surface area contributed by atoms with Crippen LogP contribution in [0.25, 0.3) is 5.57 Å². The number of rotatable bonds is 0. The van der Waals surface area contributed by atoms with Gasteiger partial charge in [0.05, 0.1) is 6.04 Å². The van der Waals surface area contributed by atoms with Gasteiger partial charge in [-0.1, -0.05) is 6.58 Å². The molecule has 4 atom stereocenters. The van der Waals surface area contributed by atoms with Gasteiger partial charge in [0.25, 0.3) is 0 Å². The first kappa shape index (κ1) is 7.21. The van der Waals surface area contributed by atoms with E-state index in [4.69, 9.17) is 0 Å². The van der Waals surface area contributed by atoms with Crippen LogP contribution in [0.4, 0.5) is 0 Å². The van der Waals surface area contributed by atoms with Crippen molar-refractivity contribution in [2.24, 2.45) is 17.8 Å². The third kappa shape index (κ3) is 0.606. The highest BCUT2D eigenvalue weighted by Crippen LogP contribution is 2.61. The first-order chi connectivity index (χ1) is 6.86. The Kier molecular flexibility index (Phi) is 1.08. The van der Waals surface area contributed by atoms with Crippen LogP contribution in [-0.2, 0) is 0 Å². The third-order valence-corrected chi connectivity index (χ3v) is 4.42. The minimum Gasteiger partial charge on any atom is -0.242 e. The Morgan fingerprint density at radius 2 is 2.21 bits per heavy atom. The van der Waals surface area contributed by atoms with E-state index in [1.807, 2.05) is 0 Å². The predicted octanol–water partition coefficient (Wildman–Crippen LogP) is 1.89. The van der Waals surface area contributed by atoms with Gasteiger partial charge in [0.15, 0.2) is 5.82 Å². The Bertz CT molecular complexity index is 420. The van der Waals surface area contributed by atoms with Crippen LogP contribution in [0.3, 0.4) is 0 Å². The Hall–Kier alpha value is -1.12. The van der Waals surface area contributed by atoms with Crippen molar-refractivity contribution in [3.63, 3.8) is 0 Å². The fourth-order valence-electron chi connectivity index (χ4n) is 3.95. The molecule has 72 valence electrons. The first-order valence-corrected chi connectivity index (χ1v) is 5.45. The van der Waals surface area contributed by atoms with Crippen LogP contribution in [0.5, 0.6) is 0 Å². The summed E-state index contributed by atoms with van der Waals surface area (Å²) in [4.78, 5) is 4.31. The van der Waals surface area contributed by atoms with E-state index in [-0.39, 0.29) is 0 Å². The second-order valence-corrected chi connectivity index (χ2v) is 4.90. The molecule has 4 rings (SSSR count). The molecule has 1 aromatic heterocycles. The first-order valence-electron chi connectivity index (χ1n) is 5.45. The lowest BCUT2D eigenvalue weighted by molar-refractivity contribution is 0.277. The molecule has 3 nitrogen and oxygen atoms in total. The molecular weight excluding hydrogens is 174 g/mol. The van der Waals surface area contributed by atoms with Gasteiger partial charge in [-0.3, -0.25) is 0 Å². The van der Waals surface area contributed by atoms with Crippen molar-refractivity contribution in [1.29, 1.82) is 0 Å². The van der Waals surface area contributed by atoms with E-state index < -0.39 is 0 Å². The van der Waals surface area contributed by atoms with E-state index in [0.717, 1.165) is 17.7 Å². The van der Waals surface area contributed by atoms with Crippen molar-refractivity contribution in [3.8, 4) is 0 Å². The standard InChI is InChI=1S/C11H13N3/c1-6-9-7-2-3-8(4-7)10(9)14-11(6)12-5-13-14/h5,7-10H,1-4H2. The Balaban J connectivity index is 1.93. The summed E-state index contributed by atoms with van der Waals surface area (Å²) in [6, 6.07) is 0.610. The van der Waals surface area contributed by atoms with Crippen molar-refractivity contribution in [2.75, 3.05) is 0 Å². The minimum atomic E-state index is 0.610. The van der Waals surface area contributed by atoms with Crippen molar-refractivity contribution < 1.29 is 0 Å². The number of aromatic nitrogens is 3. The van der Waals surface area contributed by atoms with Crippen LogP contribution < -0.4 is 0 Å². The topological polar surface area (TPSA) is 30.7 Å². The molecule has 4 unspecified atom stereocenters. The van der Waals surface area contributed by atoms with Gasteiger partial charge < -0.3 is 0 Å². The monoisotopic (exact) mass is 187 g/mol. The maximum absolute atomic E-state index is 4.35. The Morgan fingerprint density at radius 3 is 3.14 bits per heavy atom. The predicted molar refractivity (Wildman–Crippen MR) is 52.4 cm³/mol. The summed E-state index contributed by atoms with van der Waals surface area (Å²) < 4.78 is 2.14. The molecule has 2 aliphatic carbocycles. The lowest BCUT2D eigenvalue weighted by Gasteiger charge is -2.24. The zero-order chi connectivity index (χ0) is 9.28. The van der Waals surface area contributed by atoms with Crippen molar-refractivity contribution in [2.45, 2.75) is 25.3 Å². The second-order valence-electron chi connectivity index (χ2n) is 4.90. The zero-order valence-corrected chi connectivity index (χ0v) is 8.06. The number of hydrogen-bond donors (Lipinski definition) is 0. The molecule has 0 spiro atoms. The molecule has 0 aromatic carbocycles. The molecule has 14 heavy (non-hydrogen) atoms. The molecular formula is C11H13N3. The van der Waals surface area contributed by atoms with Gasteiger partial charge in [-0.05, 0) is 36.7 Å².